The van der Waals surface area contributed by atoms with Crippen molar-refractivity contribution < 1.29 is 4.39 Å². The fourth-order valence-electron chi connectivity index (χ4n) is 1.75. The van der Waals surface area contributed by atoms with Gasteiger partial charge in [0.2, 0.25) is 0 Å². The van der Waals surface area contributed by atoms with Gasteiger partial charge in [-0.15, -0.1) is 0 Å². The van der Waals surface area contributed by atoms with E-state index < -0.39 is 0 Å². The third-order valence-electron chi connectivity index (χ3n) is 2.91. The summed E-state index contributed by atoms with van der Waals surface area (Å²) in [5.74, 6) is -0.218. The molecule has 3 rings (SSSR count). The van der Waals surface area contributed by atoms with Gasteiger partial charge in [0.05, 0.1) is 12.0 Å². The summed E-state index contributed by atoms with van der Waals surface area (Å²) in [5.41, 5.74) is 1.94. The van der Waals surface area contributed by atoms with E-state index in [1.165, 1.54) is 25.0 Å². The Labute approximate surface area is 99.3 Å². The van der Waals surface area contributed by atoms with Crippen molar-refractivity contribution in [3.05, 3.63) is 48.3 Å². The lowest BCUT2D eigenvalue weighted by molar-refractivity contribution is 0.627. The summed E-state index contributed by atoms with van der Waals surface area (Å²) in [6.07, 6.45) is 6.29. The van der Waals surface area contributed by atoms with Crippen LogP contribution in [0.3, 0.4) is 0 Å². The predicted molar refractivity (Wildman–Crippen MR) is 63.4 cm³/mol. The summed E-state index contributed by atoms with van der Waals surface area (Å²) in [7, 11) is 0. The van der Waals surface area contributed by atoms with Gasteiger partial charge in [-0.1, -0.05) is 0 Å². The van der Waals surface area contributed by atoms with E-state index in [0.717, 1.165) is 17.9 Å². The molecule has 0 atom stereocenters. The molecule has 1 fully saturated rings. The molecule has 1 aromatic heterocycles. The lowest BCUT2D eigenvalue weighted by Gasteiger charge is -2.01. The summed E-state index contributed by atoms with van der Waals surface area (Å²) in [4.78, 5) is 4.32. The van der Waals surface area contributed by atoms with Crippen molar-refractivity contribution in [1.82, 2.24) is 14.9 Å². The third-order valence-corrected chi connectivity index (χ3v) is 2.91. The van der Waals surface area contributed by atoms with Gasteiger partial charge in [0.1, 0.15) is 5.82 Å². The van der Waals surface area contributed by atoms with Crippen LogP contribution >= 0.6 is 0 Å². The maximum atomic E-state index is 12.8. The van der Waals surface area contributed by atoms with Crippen molar-refractivity contribution in [2.75, 3.05) is 0 Å². The zero-order chi connectivity index (χ0) is 11.7. The Morgan fingerprint density at radius 2 is 2.06 bits per heavy atom. The smallest absolute Gasteiger partial charge is 0.123 e. The number of benzene rings is 1. The molecule has 88 valence electrons. The first-order valence-electron chi connectivity index (χ1n) is 5.83. The monoisotopic (exact) mass is 231 g/mol. The Morgan fingerprint density at radius 1 is 1.29 bits per heavy atom. The Balaban J connectivity index is 1.72. The molecule has 1 aliphatic rings. The van der Waals surface area contributed by atoms with Crippen LogP contribution in [0.15, 0.2) is 36.8 Å². The highest BCUT2D eigenvalue weighted by atomic mass is 19.1. The molecule has 0 bridgehead atoms. The first kappa shape index (κ1) is 10.5. The van der Waals surface area contributed by atoms with Gasteiger partial charge in [0.25, 0.3) is 0 Å². The van der Waals surface area contributed by atoms with Gasteiger partial charge >= 0.3 is 0 Å². The van der Waals surface area contributed by atoms with Crippen molar-refractivity contribution in [3.63, 3.8) is 0 Å². The molecule has 17 heavy (non-hydrogen) atoms. The number of nitrogens with zero attached hydrogens (tertiary/aromatic N) is 2. The standard InChI is InChI=1S/C13H14FN3/c14-10-1-5-13(6-2-10)17-8-12(16-9-17)7-15-11-3-4-11/h1-2,5-6,8-9,11,15H,3-4,7H2. The van der Waals surface area contributed by atoms with Crippen LogP contribution in [0.4, 0.5) is 4.39 Å². The molecule has 1 aromatic carbocycles. The van der Waals surface area contributed by atoms with E-state index in [-0.39, 0.29) is 5.82 Å². The highest BCUT2D eigenvalue weighted by molar-refractivity contribution is 5.32. The number of hydrogen-bond acceptors (Lipinski definition) is 2. The quantitative estimate of drug-likeness (QED) is 0.874. The normalized spacial score (nSPS) is 15.1. The van der Waals surface area contributed by atoms with E-state index in [9.17, 15) is 4.39 Å². The van der Waals surface area contributed by atoms with Crippen LogP contribution in [0, 0.1) is 5.82 Å². The van der Waals surface area contributed by atoms with Crippen LogP contribution in [0.2, 0.25) is 0 Å². The summed E-state index contributed by atoms with van der Waals surface area (Å²) in [6.45, 7) is 0.804. The fraction of sp³-hybridized carbons (Fsp3) is 0.308. The molecule has 0 spiro atoms. The molecule has 1 saturated carbocycles. The second-order valence-electron chi connectivity index (χ2n) is 4.40. The first-order valence-corrected chi connectivity index (χ1v) is 5.83. The molecule has 0 unspecified atom stereocenters. The molecule has 0 aliphatic heterocycles. The summed E-state index contributed by atoms with van der Waals surface area (Å²) >= 11 is 0. The first-order chi connectivity index (χ1) is 8.31. The average Bonchev–Trinajstić information content (AvgIpc) is 3.06. The van der Waals surface area contributed by atoms with Crippen LogP contribution < -0.4 is 5.32 Å². The van der Waals surface area contributed by atoms with Crippen LogP contribution in [0.1, 0.15) is 18.5 Å². The van der Waals surface area contributed by atoms with Gasteiger partial charge < -0.3 is 9.88 Å². The molecular weight excluding hydrogens is 217 g/mol. The Bertz CT molecular complexity index is 500. The maximum absolute atomic E-state index is 12.8. The number of imidazole rings is 1. The number of rotatable bonds is 4. The van der Waals surface area contributed by atoms with Crippen LogP contribution in [0.5, 0.6) is 0 Å². The van der Waals surface area contributed by atoms with E-state index in [1.54, 1.807) is 18.5 Å². The van der Waals surface area contributed by atoms with Gasteiger partial charge in [-0.25, -0.2) is 9.37 Å². The van der Waals surface area contributed by atoms with Crippen molar-refractivity contribution in [1.29, 1.82) is 0 Å². The minimum Gasteiger partial charge on any atom is -0.308 e. The molecule has 4 heteroatoms. The van der Waals surface area contributed by atoms with Gasteiger partial charge in [0, 0.05) is 24.5 Å². The number of hydrogen-bond donors (Lipinski definition) is 1. The van der Waals surface area contributed by atoms with E-state index in [4.69, 9.17) is 0 Å². The zero-order valence-corrected chi connectivity index (χ0v) is 9.44. The topological polar surface area (TPSA) is 29.9 Å². The Hall–Kier alpha value is -1.68. The minimum atomic E-state index is -0.218. The van der Waals surface area contributed by atoms with Gasteiger partial charge in [0.15, 0.2) is 0 Å². The lowest BCUT2D eigenvalue weighted by atomic mass is 10.3. The van der Waals surface area contributed by atoms with E-state index >= 15 is 0 Å². The summed E-state index contributed by atoms with van der Waals surface area (Å²) in [6, 6.07) is 7.09. The highest BCUT2D eigenvalue weighted by Crippen LogP contribution is 2.19. The maximum Gasteiger partial charge on any atom is 0.123 e. The molecule has 1 heterocycles. The summed E-state index contributed by atoms with van der Waals surface area (Å²) in [5, 5.41) is 3.41. The van der Waals surface area contributed by atoms with E-state index in [0.29, 0.717) is 6.04 Å². The van der Waals surface area contributed by atoms with Crippen molar-refractivity contribution >= 4 is 0 Å². The average molecular weight is 231 g/mol. The molecular formula is C13H14FN3. The van der Waals surface area contributed by atoms with Crippen LogP contribution in [-0.2, 0) is 6.54 Å². The zero-order valence-electron chi connectivity index (χ0n) is 9.44. The molecule has 0 radical (unpaired) electrons. The highest BCUT2D eigenvalue weighted by Gasteiger charge is 2.20. The second kappa shape index (κ2) is 4.30. The molecule has 2 aromatic rings. The summed E-state index contributed by atoms with van der Waals surface area (Å²) < 4.78 is 14.7. The molecule has 1 aliphatic carbocycles. The second-order valence-corrected chi connectivity index (χ2v) is 4.40. The largest absolute Gasteiger partial charge is 0.308 e. The number of nitrogens with one attached hydrogen (secondary N) is 1. The van der Waals surface area contributed by atoms with Crippen molar-refractivity contribution in [2.24, 2.45) is 0 Å². The predicted octanol–water partition coefficient (Wildman–Crippen LogP) is 2.26. The third kappa shape index (κ3) is 2.53. The van der Waals surface area contributed by atoms with Crippen LogP contribution in [-0.4, -0.2) is 15.6 Å². The van der Waals surface area contributed by atoms with E-state index in [1.807, 2.05) is 10.8 Å². The SMILES string of the molecule is Fc1ccc(-n2cnc(CNC3CC3)c2)cc1. The number of halogens is 1. The Morgan fingerprint density at radius 3 is 2.76 bits per heavy atom. The lowest BCUT2D eigenvalue weighted by Crippen LogP contribution is -2.15. The van der Waals surface area contributed by atoms with Crippen LogP contribution in [0.25, 0.3) is 5.69 Å². The molecule has 0 amide bonds. The van der Waals surface area contributed by atoms with Gasteiger partial charge in [-0.3, -0.25) is 0 Å². The van der Waals surface area contributed by atoms with E-state index in [2.05, 4.69) is 10.3 Å². The molecule has 1 N–H and O–H groups in total. The molecule has 3 nitrogen and oxygen atoms in total. The Kier molecular flexibility index (Phi) is 2.65. The van der Waals surface area contributed by atoms with Gasteiger partial charge in [-0.2, -0.15) is 0 Å². The minimum absolute atomic E-state index is 0.218. The number of aromatic nitrogens is 2. The van der Waals surface area contributed by atoms with Gasteiger partial charge in [-0.05, 0) is 37.1 Å². The van der Waals surface area contributed by atoms with Crippen molar-refractivity contribution in [3.8, 4) is 5.69 Å². The molecule has 0 saturated heterocycles. The van der Waals surface area contributed by atoms with Crippen molar-refractivity contribution in [2.45, 2.75) is 25.4 Å². The fourth-order valence-corrected chi connectivity index (χ4v) is 1.75.